The van der Waals surface area contributed by atoms with Crippen molar-refractivity contribution < 1.29 is 24.3 Å². The number of carbonyl (C=O) groups is 4. The van der Waals surface area contributed by atoms with E-state index in [-0.39, 0.29) is 35.8 Å². The van der Waals surface area contributed by atoms with Crippen molar-refractivity contribution in [3.8, 4) is 5.75 Å². The number of phenolic OH excluding ortho intramolecular Hbond substituents is 1. The first-order chi connectivity index (χ1) is 23.1. The summed E-state index contributed by atoms with van der Waals surface area (Å²) in [5, 5.41) is 11.2. The number of para-hydroxylation sites is 1. The van der Waals surface area contributed by atoms with E-state index < -0.39 is 35.0 Å². The van der Waals surface area contributed by atoms with Gasteiger partial charge in [0, 0.05) is 10.9 Å². The second-order valence-electron chi connectivity index (χ2n) is 13.4. The van der Waals surface area contributed by atoms with Gasteiger partial charge in [0.1, 0.15) is 5.75 Å². The average molecular weight is 657 g/mol. The lowest BCUT2D eigenvalue weighted by Gasteiger charge is -2.51. The highest BCUT2D eigenvalue weighted by molar-refractivity contribution is 6.32. The lowest BCUT2D eigenvalue weighted by molar-refractivity contribution is -0.127. The van der Waals surface area contributed by atoms with Gasteiger partial charge < -0.3 is 5.11 Å². The third kappa shape index (κ3) is 4.13. The normalized spacial score (nSPS) is 27.9. The first-order valence-corrected chi connectivity index (χ1v) is 16.6. The molecule has 8 rings (SSSR count). The van der Waals surface area contributed by atoms with Gasteiger partial charge in [-0.25, -0.2) is 4.90 Å². The first-order valence-electron chi connectivity index (χ1n) is 16.3. The molecule has 0 unspecified atom stereocenters. The number of phenols is 1. The smallest absolute Gasteiger partial charge is 0.246 e. The zero-order chi connectivity index (χ0) is 33.5. The molecule has 8 heteroatoms. The number of hydrogen-bond acceptors (Lipinski definition) is 5. The maximum Gasteiger partial charge on any atom is 0.246 e. The molecule has 4 aliphatic rings. The molecule has 7 nitrogen and oxygen atoms in total. The van der Waals surface area contributed by atoms with Crippen LogP contribution in [0.15, 0.2) is 109 Å². The van der Waals surface area contributed by atoms with Crippen LogP contribution >= 0.6 is 11.6 Å². The Labute approximate surface area is 283 Å². The van der Waals surface area contributed by atoms with Crippen LogP contribution < -0.4 is 9.80 Å². The zero-order valence-corrected chi connectivity index (χ0v) is 27.2. The Morgan fingerprint density at radius 1 is 0.729 bits per heavy atom. The van der Waals surface area contributed by atoms with Gasteiger partial charge in [0.25, 0.3) is 0 Å². The van der Waals surface area contributed by atoms with Gasteiger partial charge in [0.15, 0.2) is 0 Å². The number of allylic oxidation sites excluding steroid dienone is 2. The van der Waals surface area contributed by atoms with Gasteiger partial charge in [-0.2, -0.15) is 0 Å². The number of aromatic hydroxyl groups is 1. The number of fused-ring (bicyclic) bond motifs is 4. The van der Waals surface area contributed by atoms with E-state index in [1.54, 1.807) is 48.5 Å². The third-order valence-corrected chi connectivity index (χ3v) is 11.3. The van der Waals surface area contributed by atoms with Gasteiger partial charge >= 0.3 is 0 Å². The first kappa shape index (κ1) is 30.3. The summed E-state index contributed by atoms with van der Waals surface area (Å²) in [5.74, 6) is -4.30. The number of imide groups is 2. The summed E-state index contributed by atoms with van der Waals surface area (Å²) in [6.07, 6.45) is 2.61. The number of nitrogens with zero attached hydrogens (tertiary/aromatic N) is 2. The third-order valence-electron chi connectivity index (χ3n) is 11.0. The highest BCUT2D eigenvalue weighted by Crippen LogP contribution is 2.64. The number of rotatable bonds is 4. The highest BCUT2D eigenvalue weighted by atomic mass is 35.5. The molecule has 0 bridgehead atoms. The van der Waals surface area contributed by atoms with Crippen LogP contribution in [-0.4, -0.2) is 28.7 Å². The van der Waals surface area contributed by atoms with Gasteiger partial charge in [-0.15, -0.1) is 0 Å². The Morgan fingerprint density at radius 3 is 2.04 bits per heavy atom. The maximum absolute atomic E-state index is 15.3. The zero-order valence-electron chi connectivity index (χ0n) is 26.5. The summed E-state index contributed by atoms with van der Waals surface area (Å²) in [6, 6.07) is 28.9. The molecule has 240 valence electrons. The van der Waals surface area contributed by atoms with E-state index in [9.17, 15) is 19.5 Å². The number of anilines is 2. The molecule has 1 N–H and O–H groups in total. The fraction of sp³-hybridized carbons (Fsp3) is 0.250. The molecular formula is C40H33ClN2O5. The monoisotopic (exact) mass is 656 g/mol. The van der Waals surface area contributed by atoms with Crippen LogP contribution in [0.5, 0.6) is 5.75 Å². The van der Waals surface area contributed by atoms with E-state index in [0.29, 0.717) is 39.5 Å². The Hall–Kier alpha value is -5.01. The summed E-state index contributed by atoms with van der Waals surface area (Å²) in [6.45, 7) is 3.64. The summed E-state index contributed by atoms with van der Waals surface area (Å²) in [7, 11) is 0. The van der Waals surface area contributed by atoms with Crippen LogP contribution in [0.3, 0.4) is 0 Å². The molecule has 2 aliphatic carbocycles. The van der Waals surface area contributed by atoms with E-state index in [4.69, 9.17) is 11.6 Å². The molecule has 3 fully saturated rings. The lowest BCUT2D eigenvalue weighted by Crippen LogP contribution is -2.53. The quantitative estimate of drug-likeness (QED) is 0.188. The predicted molar refractivity (Wildman–Crippen MR) is 183 cm³/mol. The van der Waals surface area contributed by atoms with Gasteiger partial charge in [-0.1, -0.05) is 90.0 Å². The van der Waals surface area contributed by atoms with Crippen molar-refractivity contribution in [2.45, 2.75) is 38.0 Å². The minimum absolute atomic E-state index is 0.165. The van der Waals surface area contributed by atoms with Crippen LogP contribution in [-0.2, 0) is 24.6 Å². The molecule has 6 atom stereocenters. The van der Waals surface area contributed by atoms with E-state index >= 15 is 4.79 Å². The lowest BCUT2D eigenvalue weighted by atomic mass is 9.49. The number of hydrogen-bond donors (Lipinski definition) is 1. The molecule has 2 aliphatic heterocycles. The Bertz CT molecular complexity index is 2040. The number of aryl methyl sites for hydroxylation is 2. The number of halogens is 1. The molecule has 4 amide bonds. The van der Waals surface area contributed by atoms with Crippen LogP contribution in [0.4, 0.5) is 11.4 Å². The SMILES string of the molecule is Cc1cc([C@H]2C3=CC[C@@H]4C(=O)N(c5ccccc5)C(=O)[C@@H]4[C@@H]3C[C@H]3C(=O)N(c4cccc(Cl)c4)C(=O)[C@@]23c2ccccc2)cc(C)c1O. The molecule has 48 heavy (non-hydrogen) atoms. The number of amides is 4. The van der Waals surface area contributed by atoms with E-state index in [1.807, 2.05) is 62.4 Å². The summed E-state index contributed by atoms with van der Waals surface area (Å²) in [4.78, 5) is 61.0. The number of benzene rings is 4. The minimum Gasteiger partial charge on any atom is -0.507 e. The molecular weight excluding hydrogens is 624 g/mol. The Kier molecular flexibility index (Phi) is 6.97. The molecule has 2 heterocycles. The van der Waals surface area contributed by atoms with Crippen molar-refractivity contribution in [1.29, 1.82) is 0 Å². The topological polar surface area (TPSA) is 95.0 Å². The maximum atomic E-state index is 15.3. The van der Waals surface area contributed by atoms with E-state index in [2.05, 4.69) is 6.08 Å². The molecule has 0 spiro atoms. The fourth-order valence-corrected chi connectivity index (χ4v) is 9.29. The van der Waals surface area contributed by atoms with Crippen LogP contribution in [0, 0.1) is 37.5 Å². The average Bonchev–Trinajstić information content (AvgIpc) is 3.48. The standard InChI is InChI=1S/C40H33ClN2O5/c1-22-18-24(19-23(2)35(22)44)34-29-16-17-30-33(38(47)42(36(30)45)27-13-7-4-8-14-27)31(29)21-32-37(46)43(28-15-9-12-26(41)20-28)39(48)40(32,34)25-10-5-3-6-11-25/h3-16,18-20,30-34,44H,17,21H2,1-2H3/t30-,31+,32-,33-,34-,40+/m0/s1. The summed E-state index contributed by atoms with van der Waals surface area (Å²) < 4.78 is 0. The van der Waals surface area contributed by atoms with Crippen molar-refractivity contribution in [3.05, 3.63) is 136 Å². The minimum atomic E-state index is -1.36. The molecule has 1 saturated carbocycles. The van der Waals surface area contributed by atoms with E-state index in [0.717, 1.165) is 11.1 Å². The summed E-state index contributed by atoms with van der Waals surface area (Å²) >= 11 is 6.40. The van der Waals surface area contributed by atoms with Gasteiger partial charge in [-0.3, -0.25) is 24.1 Å². The Balaban J connectivity index is 1.38. The largest absolute Gasteiger partial charge is 0.507 e. The molecule has 0 aromatic heterocycles. The van der Waals surface area contributed by atoms with E-state index in [1.165, 1.54) is 9.80 Å². The van der Waals surface area contributed by atoms with Gasteiger partial charge in [0.05, 0.1) is 34.5 Å². The number of carbonyl (C=O) groups excluding carboxylic acids is 4. The van der Waals surface area contributed by atoms with Crippen molar-refractivity contribution in [1.82, 2.24) is 0 Å². The molecule has 2 saturated heterocycles. The highest BCUT2D eigenvalue weighted by Gasteiger charge is 2.70. The van der Waals surface area contributed by atoms with Crippen molar-refractivity contribution >= 4 is 46.6 Å². The summed E-state index contributed by atoms with van der Waals surface area (Å²) in [5.41, 5.74) is 3.19. The van der Waals surface area contributed by atoms with Crippen molar-refractivity contribution in [2.24, 2.45) is 23.7 Å². The van der Waals surface area contributed by atoms with Gasteiger partial charge in [-0.05, 0) is 85.2 Å². The predicted octanol–water partition coefficient (Wildman–Crippen LogP) is 7.03. The van der Waals surface area contributed by atoms with Crippen molar-refractivity contribution in [3.63, 3.8) is 0 Å². The second-order valence-corrected chi connectivity index (χ2v) is 13.9. The second kappa shape index (κ2) is 11.0. The molecule has 4 aromatic carbocycles. The van der Waals surface area contributed by atoms with Crippen LogP contribution in [0.2, 0.25) is 5.02 Å². The fourth-order valence-electron chi connectivity index (χ4n) is 9.11. The molecule has 4 aromatic rings. The molecule has 0 radical (unpaired) electrons. The Morgan fingerprint density at radius 2 is 1.38 bits per heavy atom. The van der Waals surface area contributed by atoms with Crippen molar-refractivity contribution in [2.75, 3.05) is 9.80 Å². The van der Waals surface area contributed by atoms with Crippen LogP contribution in [0.1, 0.15) is 41.0 Å². The van der Waals surface area contributed by atoms with Gasteiger partial charge in [0.2, 0.25) is 23.6 Å². The van der Waals surface area contributed by atoms with Crippen LogP contribution in [0.25, 0.3) is 0 Å².